The average molecular weight is 224 g/mol. The molecule has 0 spiro atoms. The van der Waals surface area contributed by atoms with Gasteiger partial charge in [0.2, 0.25) is 0 Å². The molecule has 1 unspecified atom stereocenters. The lowest BCUT2D eigenvalue weighted by Crippen LogP contribution is -2.33. The monoisotopic (exact) mass is 224 g/mol. The highest BCUT2D eigenvalue weighted by molar-refractivity contribution is 5.19. The van der Waals surface area contributed by atoms with Crippen molar-refractivity contribution >= 4 is 0 Å². The van der Waals surface area contributed by atoms with E-state index in [0.717, 1.165) is 18.4 Å². The van der Waals surface area contributed by atoms with Gasteiger partial charge in [-0.2, -0.15) is 0 Å². The molecule has 3 heteroatoms. The van der Waals surface area contributed by atoms with Crippen molar-refractivity contribution in [3.05, 3.63) is 35.6 Å². The van der Waals surface area contributed by atoms with E-state index in [1.807, 2.05) is 33.0 Å². The van der Waals surface area contributed by atoms with Crippen molar-refractivity contribution in [2.24, 2.45) is 5.73 Å². The molecule has 0 saturated heterocycles. The van der Waals surface area contributed by atoms with Gasteiger partial charge in [0.15, 0.2) is 0 Å². The van der Waals surface area contributed by atoms with Crippen molar-refractivity contribution in [2.45, 2.75) is 38.3 Å². The molecule has 0 fully saturated rings. The molecule has 0 aromatic heterocycles. The smallest absolute Gasteiger partial charge is 0.123 e. The minimum atomic E-state index is -0.197. The summed E-state index contributed by atoms with van der Waals surface area (Å²) in [5.41, 5.74) is 6.90. The van der Waals surface area contributed by atoms with Crippen LogP contribution in [-0.4, -0.2) is 12.6 Å². The molecule has 90 valence electrons. The SMILES string of the molecule is CNC(CCC(C)(C)N)c1ccc(F)cc1. The summed E-state index contributed by atoms with van der Waals surface area (Å²) in [6, 6.07) is 6.86. The van der Waals surface area contributed by atoms with Gasteiger partial charge >= 0.3 is 0 Å². The van der Waals surface area contributed by atoms with Crippen LogP contribution >= 0.6 is 0 Å². The van der Waals surface area contributed by atoms with E-state index >= 15 is 0 Å². The maximum atomic E-state index is 12.8. The molecule has 0 saturated carbocycles. The number of hydrogen-bond acceptors (Lipinski definition) is 2. The van der Waals surface area contributed by atoms with Gasteiger partial charge in [0.05, 0.1) is 0 Å². The van der Waals surface area contributed by atoms with Crippen LogP contribution in [0.1, 0.15) is 38.3 Å². The van der Waals surface area contributed by atoms with Crippen molar-refractivity contribution in [3.8, 4) is 0 Å². The maximum Gasteiger partial charge on any atom is 0.123 e. The zero-order valence-electron chi connectivity index (χ0n) is 10.3. The molecule has 0 aliphatic carbocycles. The van der Waals surface area contributed by atoms with Crippen LogP contribution in [0.25, 0.3) is 0 Å². The van der Waals surface area contributed by atoms with E-state index < -0.39 is 0 Å². The minimum Gasteiger partial charge on any atom is -0.326 e. The fraction of sp³-hybridized carbons (Fsp3) is 0.538. The fourth-order valence-electron chi connectivity index (χ4n) is 1.69. The molecule has 16 heavy (non-hydrogen) atoms. The second kappa shape index (κ2) is 5.41. The van der Waals surface area contributed by atoms with Crippen LogP contribution in [0.15, 0.2) is 24.3 Å². The first-order chi connectivity index (χ1) is 7.42. The van der Waals surface area contributed by atoms with Gasteiger partial charge in [0.25, 0.3) is 0 Å². The normalized spacial score (nSPS) is 13.8. The highest BCUT2D eigenvalue weighted by atomic mass is 19.1. The first-order valence-electron chi connectivity index (χ1n) is 5.64. The van der Waals surface area contributed by atoms with E-state index in [1.165, 1.54) is 12.1 Å². The fourth-order valence-corrected chi connectivity index (χ4v) is 1.69. The molecule has 1 atom stereocenters. The summed E-state index contributed by atoms with van der Waals surface area (Å²) < 4.78 is 12.8. The van der Waals surface area contributed by atoms with E-state index in [-0.39, 0.29) is 17.4 Å². The topological polar surface area (TPSA) is 38.0 Å². The lowest BCUT2D eigenvalue weighted by Gasteiger charge is -2.23. The Hall–Kier alpha value is -0.930. The van der Waals surface area contributed by atoms with Gasteiger partial charge in [0.1, 0.15) is 5.82 Å². The van der Waals surface area contributed by atoms with Crippen LogP contribution in [0.4, 0.5) is 4.39 Å². The standard InChI is InChI=1S/C13H21FN2/c1-13(2,15)9-8-12(16-3)10-4-6-11(14)7-5-10/h4-7,12,16H,8-9,15H2,1-3H3. The number of nitrogens with one attached hydrogen (secondary N) is 1. The molecule has 2 nitrogen and oxygen atoms in total. The lowest BCUT2D eigenvalue weighted by molar-refractivity contribution is 0.411. The first-order valence-corrected chi connectivity index (χ1v) is 5.64. The summed E-state index contributed by atoms with van der Waals surface area (Å²) in [5.74, 6) is -0.197. The molecule has 0 radical (unpaired) electrons. The number of halogens is 1. The molecule has 1 rings (SSSR count). The van der Waals surface area contributed by atoms with Crippen LogP contribution in [0.5, 0.6) is 0 Å². The molecule has 0 bridgehead atoms. The van der Waals surface area contributed by atoms with Crippen LogP contribution in [0.3, 0.4) is 0 Å². The first kappa shape index (κ1) is 13.1. The van der Waals surface area contributed by atoms with Crippen molar-refractivity contribution in [2.75, 3.05) is 7.05 Å². The van der Waals surface area contributed by atoms with Crippen molar-refractivity contribution in [1.82, 2.24) is 5.32 Å². The van der Waals surface area contributed by atoms with Gasteiger partial charge in [-0.05, 0) is 51.4 Å². The predicted molar refractivity (Wildman–Crippen MR) is 65.7 cm³/mol. The molecule has 3 N–H and O–H groups in total. The Bertz CT molecular complexity index is 314. The quantitative estimate of drug-likeness (QED) is 0.806. The largest absolute Gasteiger partial charge is 0.326 e. The molecular formula is C13H21FN2. The van der Waals surface area contributed by atoms with Gasteiger partial charge in [-0.25, -0.2) is 4.39 Å². The van der Waals surface area contributed by atoms with Crippen LogP contribution in [-0.2, 0) is 0 Å². The zero-order valence-corrected chi connectivity index (χ0v) is 10.3. The molecule has 0 aliphatic rings. The van der Waals surface area contributed by atoms with Crippen molar-refractivity contribution < 1.29 is 4.39 Å². The van der Waals surface area contributed by atoms with Crippen LogP contribution < -0.4 is 11.1 Å². The summed E-state index contributed by atoms with van der Waals surface area (Å²) in [6.45, 7) is 4.04. The average Bonchev–Trinajstić information content (AvgIpc) is 2.20. The number of hydrogen-bond donors (Lipinski definition) is 2. The van der Waals surface area contributed by atoms with Crippen molar-refractivity contribution in [1.29, 1.82) is 0 Å². The van der Waals surface area contributed by atoms with E-state index in [1.54, 1.807) is 0 Å². The number of nitrogens with two attached hydrogens (primary N) is 1. The van der Waals surface area contributed by atoms with Crippen LogP contribution in [0.2, 0.25) is 0 Å². The minimum absolute atomic E-state index is 0.158. The van der Waals surface area contributed by atoms with Gasteiger partial charge in [0, 0.05) is 11.6 Å². The summed E-state index contributed by atoms with van der Waals surface area (Å²) in [7, 11) is 1.91. The molecule has 0 aliphatic heterocycles. The molecule has 1 aromatic carbocycles. The number of rotatable bonds is 5. The molecule has 0 amide bonds. The molecular weight excluding hydrogens is 203 g/mol. The van der Waals surface area contributed by atoms with E-state index in [4.69, 9.17) is 5.73 Å². The molecule has 1 aromatic rings. The summed E-state index contributed by atoms with van der Waals surface area (Å²) in [6.07, 6.45) is 1.88. The third-order valence-corrected chi connectivity index (χ3v) is 2.70. The highest BCUT2D eigenvalue weighted by Crippen LogP contribution is 2.21. The van der Waals surface area contributed by atoms with E-state index in [0.29, 0.717) is 0 Å². The summed E-state index contributed by atoms with van der Waals surface area (Å²) >= 11 is 0. The maximum absolute atomic E-state index is 12.8. The summed E-state index contributed by atoms with van der Waals surface area (Å²) in [5, 5.41) is 3.23. The Balaban J connectivity index is 2.64. The van der Waals surface area contributed by atoms with Gasteiger partial charge < -0.3 is 11.1 Å². The third-order valence-electron chi connectivity index (χ3n) is 2.70. The van der Waals surface area contributed by atoms with Gasteiger partial charge in [-0.3, -0.25) is 0 Å². The second-order valence-electron chi connectivity index (χ2n) is 4.92. The Morgan fingerprint density at radius 1 is 1.31 bits per heavy atom. The Labute approximate surface area is 97.0 Å². The Morgan fingerprint density at radius 2 is 1.88 bits per heavy atom. The Morgan fingerprint density at radius 3 is 2.31 bits per heavy atom. The lowest BCUT2D eigenvalue weighted by atomic mass is 9.93. The van der Waals surface area contributed by atoms with Crippen LogP contribution in [0, 0.1) is 5.82 Å². The van der Waals surface area contributed by atoms with E-state index in [9.17, 15) is 4.39 Å². The van der Waals surface area contributed by atoms with Gasteiger partial charge in [-0.1, -0.05) is 12.1 Å². The molecule has 0 heterocycles. The van der Waals surface area contributed by atoms with Crippen molar-refractivity contribution in [3.63, 3.8) is 0 Å². The summed E-state index contributed by atoms with van der Waals surface area (Å²) in [4.78, 5) is 0. The predicted octanol–water partition coefficient (Wildman–Crippen LogP) is 2.60. The van der Waals surface area contributed by atoms with E-state index in [2.05, 4.69) is 5.32 Å². The third kappa shape index (κ3) is 4.29. The van der Waals surface area contributed by atoms with Gasteiger partial charge in [-0.15, -0.1) is 0 Å². The highest BCUT2D eigenvalue weighted by Gasteiger charge is 2.15. The number of benzene rings is 1. The zero-order chi connectivity index (χ0) is 12.2. The Kier molecular flexibility index (Phi) is 4.44. The second-order valence-corrected chi connectivity index (χ2v) is 4.92.